The fraction of sp³-hybridized carbons (Fsp3) is 0.444. The molecule has 0 spiro atoms. The molecule has 1 nitrogen and oxygen atoms in total. The molecule has 1 aromatic heterocycles. The third kappa shape index (κ3) is 3.58. The molecule has 1 aliphatic rings. The standard InChI is InChI=1S/C18H22BrNS/c1-12(2)18(17-4-3-9-21-17)20-16-10-14(11-16)13-5-7-15(19)8-6-13/h3-9,12,14,16,18,20H,10-11H2,1-2H3. The molecule has 21 heavy (non-hydrogen) atoms. The summed E-state index contributed by atoms with van der Waals surface area (Å²) in [5, 5.41) is 6.05. The van der Waals surface area contributed by atoms with E-state index in [2.05, 4.69) is 76.9 Å². The minimum absolute atomic E-state index is 0.501. The fourth-order valence-electron chi connectivity index (χ4n) is 3.09. The van der Waals surface area contributed by atoms with Crippen LogP contribution in [0.1, 0.15) is 49.1 Å². The topological polar surface area (TPSA) is 12.0 Å². The Bertz CT molecular complexity index is 555. The van der Waals surface area contributed by atoms with Crippen molar-refractivity contribution >= 4 is 27.3 Å². The van der Waals surface area contributed by atoms with Crippen molar-refractivity contribution < 1.29 is 0 Å². The molecule has 1 unspecified atom stereocenters. The molecule has 1 aromatic carbocycles. The second kappa shape index (κ2) is 6.64. The van der Waals surface area contributed by atoms with Gasteiger partial charge in [-0.25, -0.2) is 0 Å². The molecular weight excluding hydrogens is 342 g/mol. The molecule has 0 aliphatic heterocycles. The molecule has 0 radical (unpaired) electrons. The van der Waals surface area contributed by atoms with Crippen LogP contribution in [0.2, 0.25) is 0 Å². The first-order chi connectivity index (χ1) is 10.1. The highest BCUT2D eigenvalue weighted by atomic mass is 79.9. The highest BCUT2D eigenvalue weighted by Gasteiger charge is 2.32. The quantitative estimate of drug-likeness (QED) is 0.713. The Kier molecular flexibility index (Phi) is 4.82. The van der Waals surface area contributed by atoms with Crippen molar-refractivity contribution in [1.82, 2.24) is 5.32 Å². The van der Waals surface area contributed by atoms with Crippen molar-refractivity contribution in [3.63, 3.8) is 0 Å². The molecule has 1 heterocycles. The lowest BCUT2D eigenvalue weighted by Crippen LogP contribution is -2.43. The van der Waals surface area contributed by atoms with Crippen molar-refractivity contribution in [3.05, 3.63) is 56.7 Å². The van der Waals surface area contributed by atoms with Gasteiger partial charge in [-0.15, -0.1) is 11.3 Å². The Morgan fingerprint density at radius 1 is 1.14 bits per heavy atom. The zero-order chi connectivity index (χ0) is 14.8. The van der Waals surface area contributed by atoms with Gasteiger partial charge >= 0.3 is 0 Å². The average Bonchev–Trinajstić information content (AvgIpc) is 2.92. The first kappa shape index (κ1) is 15.3. The van der Waals surface area contributed by atoms with E-state index in [4.69, 9.17) is 0 Å². The summed E-state index contributed by atoms with van der Waals surface area (Å²) in [5.41, 5.74) is 1.48. The molecule has 112 valence electrons. The molecule has 1 aliphatic carbocycles. The van der Waals surface area contributed by atoms with Crippen LogP contribution in [0.25, 0.3) is 0 Å². The molecule has 3 heteroatoms. The summed E-state index contributed by atoms with van der Waals surface area (Å²) in [6.45, 7) is 4.62. The number of halogens is 1. The summed E-state index contributed by atoms with van der Waals surface area (Å²) in [5.74, 6) is 1.36. The van der Waals surface area contributed by atoms with Crippen LogP contribution < -0.4 is 5.32 Å². The van der Waals surface area contributed by atoms with Crippen LogP contribution in [0.4, 0.5) is 0 Å². The largest absolute Gasteiger partial charge is 0.306 e. The summed E-state index contributed by atoms with van der Waals surface area (Å²) < 4.78 is 1.16. The summed E-state index contributed by atoms with van der Waals surface area (Å²) in [7, 11) is 0. The van der Waals surface area contributed by atoms with Crippen LogP contribution in [0.3, 0.4) is 0 Å². The third-order valence-corrected chi connectivity index (χ3v) is 5.90. The number of benzene rings is 1. The van der Waals surface area contributed by atoms with Gasteiger partial charge in [-0.1, -0.05) is 48.0 Å². The van der Waals surface area contributed by atoms with Crippen LogP contribution in [-0.2, 0) is 0 Å². The summed E-state index contributed by atoms with van der Waals surface area (Å²) in [4.78, 5) is 1.47. The molecule has 2 aromatic rings. The highest BCUT2D eigenvalue weighted by Crippen LogP contribution is 2.39. The zero-order valence-corrected chi connectivity index (χ0v) is 15.0. The Hall–Kier alpha value is -0.640. The van der Waals surface area contributed by atoms with Crippen molar-refractivity contribution in [2.45, 2.75) is 44.7 Å². The van der Waals surface area contributed by atoms with Gasteiger partial charge in [0.1, 0.15) is 0 Å². The van der Waals surface area contributed by atoms with Gasteiger partial charge in [0.2, 0.25) is 0 Å². The molecule has 1 atom stereocenters. The second-order valence-electron chi connectivity index (χ2n) is 6.32. The molecule has 1 saturated carbocycles. The maximum Gasteiger partial charge on any atom is 0.0440 e. The van der Waals surface area contributed by atoms with Gasteiger partial charge in [-0.2, -0.15) is 0 Å². The first-order valence-corrected chi connectivity index (χ1v) is 9.35. The predicted octanol–water partition coefficient (Wildman–Crippen LogP) is 5.74. The van der Waals surface area contributed by atoms with Gasteiger partial charge in [0.05, 0.1) is 0 Å². The van der Waals surface area contributed by atoms with Gasteiger partial charge < -0.3 is 5.32 Å². The lowest BCUT2D eigenvalue weighted by molar-refractivity contribution is 0.243. The number of nitrogens with one attached hydrogen (secondary N) is 1. The van der Waals surface area contributed by atoms with Gasteiger partial charge in [-0.3, -0.25) is 0 Å². The maximum absolute atomic E-state index is 3.87. The van der Waals surface area contributed by atoms with Crippen LogP contribution in [0.15, 0.2) is 46.3 Å². The third-order valence-electron chi connectivity index (χ3n) is 4.41. The lowest BCUT2D eigenvalue weighted by Gasteiger charge is -2.39. The average molecular weight is 364 g/mol. The minimum Gasteiger partial charge on any atom is -0.306 e. The van der Waals surface area contributed by atoms with Crippen molar-refractivity contribution in [3.8, 4) is 0 Å². The molecule has 0 amide bonds. The summed E-state index contributed by atoms with van der Waals surface area (Å²) in [6, 6.07) is 14.4. The molecule has 0 saturated heterocycles. The van der Waals surface area contributed by atoms with E-state index in [9.17, 15) is 0 Å². The SMILES string of the molecule is CC(C)C(NC1CC(c2ccc(Br)cc2)C1)c1cccs1. The van der Waals surface area contributed by atoms with E-state index >= 15 is 0 Å². The predicted molar refractivity (Wildman–Crippen MR) is 94.9 cm³/mol. The minimum atomic E-state index is 0.501. The number of hydrogen-bond acceptors (Lipinski definition) is 2. The second-order valence-corrected chi connectivity index (χ2v) is 8.22. The van der Waals surface area contributed by atoms with Crippen molar-refractivity contribution in [2.75, 3.05) is 0 Å². The van der Waals surface area contributed by atoms with Crippen LogP contribution in [0.5, 0.6) is 0 Å². The van der Waals surface area contributed by atoms with Gasteiger partial charge in [-0.05, 0) is 53.8 Å². The van der Waals surface area contributed by atoms with E-state index in [0.29, 0.717) is 18.0 Å². The van der Waals surface area contributed by atoms with E-state index in [1.54, 1.807) is 0 Å². The van der Waals surface area contributed by atoms with E-state index in [1.165, 1.54) is 23.3 Å². The Morgan fingerprint density at radius 2 is 1.86 bits per heavy atom. The normalized spacial score (nSPS) is 23.0. The molecule has 3 rings (SSSR count). The Balaban J connectivity index is 1.57. The smallest absolute Gasteiger partial charge is 0.0440 e. The molecule has 1 N–H and O–H groups in total. The van der Waals surface area contributed by atoms with Crippen LogP contribution in [0, 0.1) is 5.92 Å². The van der Waals surface area contributed by atoms with Crippen molar-refractivity contribution in [2.24, 2.45) is 5.92 Å². The van der Waals surface area contributed by atoms with Crippen LogP contribution in [-0.4, -0.2) is 6.04 Å². The monoisotopic (exact) mass is 363 g/mol. The lowest BCUT2D eigenvalue weighted by atomic mass is 9.75. The summed E-state index contributed by atoms with van der Waals surface area (Å²) >= 11 is 5.37. The van der Waals surface area contributed by atoms with E-state index in [1.807, 2.05) is 11.3 Å². The molecule has 1 fully saturated rings. The summed E-state index contributed by atoms with van der Waals surface area (Å²) in [6.07, 6.45) is 2.52. The van der Waals surface area contributed by atoms with E-state index in [0.717, 1.165) is 10.4 Å². The maximum atomic E-state index is 3.87. The fourth-order valence-corrected chi connectivity index (χ4v) is 4.31. The first-order valence-electron chi connectivity index (χ1n) is 7.68. The number of hydrogen-bond donors (Lipinski definition) is 1. The van der Waals surface area contributed by atoms with E-state index < -0.39 is 0 Å². The van der Waals surface area contributed by atoms with Crippen LogP contribution >= 0.6 is 27.3 Å². The Labute approximate surface area is 139 Å². The van der Waals surface area contributed by atoms with Gasteiger partial charge in [0.15, 0.2) is 0 Å². The van der Waals surface area contributed by atoms with Crippen molar-refractivity contribution in [1.29, 1.82) is 0 Å². The van der Waals surface area contributed by atoms with Gasteiger partial charge in [0.25, 0.3) is 0 Å². The number of rotatable bonds is 5. The molecule has 0 bridgehead atoms. The highest BCUT2D eigenvalue weighted by molar-refractivity contribution is 9.10. The van der Waals surface area contributed by atoms with Gasteiger partial charge in [0, 0.05) is 21.4 Å². The zero-order valence-electron chi connectivity index (χ0n) is 12.6. The molecular formula is C18H22BrNS. The number of thiophene rings is 1. The Morgan fingerprint density at radius 3 is 2.43 bits per heavy atom. The van der Waals surface area contributed by atoms with E-state index in [-0.39, 0.29) is 0 Å².